The number of benzene rings is 2. The van der Waals surface area contributed by atoms with E-state index in [-0.39, 0.29) is 23.8 Å². The molecular weight excluding hydrogens is 354 g/mol. The molecule has 1 atom stereocenters. The Morgan fingerprint density at radius 1 is 1.12 bits per heavy atom. The first-order chi connectivity index (χ1) is 12.5. The zero-order valence-electron chi connectivity index (χ0n) is 13.5. The molecule has 2 aromatic carbocycles. The summed E-state index contributed by atoms with van der Waals surface area (Å²) in [6, 6.07) is 15.0. The van der Waals surface area contributed by atoms with E-state index in [1.165, 1.54) is 23.9 Å². The van der Waals surface area contributed by atoms with Crippen LogP contribution < -0.4 is 10.6 Å². The van der Waals surface area contributed by atoms with Gasteiger partial charge in [0.05, 0.1) is 11.3 Å². The van der Waals surface area contributed by atoms with Gasteiger partial charge in [-0.05, 0) is 36.4 Å². The Labute approximate surface area is 153 Å². The molecule has 1 fully saturated rings. The number of anilines is 1. The predicted octanol–water partition coefficient (Wildman–Crippen LogP) is 2.63. The molecule has 2 amide bonds. The number of carbonyl (C=O) groups is 3. The van der Waals surface area contributed by atoms with E-state index in [0.29, 0.717) is 16.5 Å². The van der Waals surface area contributed by atoms with Gasteiger partial charge in [-0.15, -0.1) is 0 Å². The Morgan fingerprint density at radius 2 is 1.81 bits per heavy atom. The number of amides is 2. The van der Waals surface area contributed by atoms with Gasteiger partial charge in [-0.2, -0.15) is 0 Å². The molecule has 7 nitrogen and oxygen atoms in total. The number of amidine groups is 1. The summed E-state index contributed by atoms with van der Waals surface area (Å²) in [5.41, 5.74) is 1.35. The number of thioether (sulfide) groups is 1. The normalized spacial score (nSPS) is 17.8. The Bertz CT molecular complexity index is 866. The van der Waals surface area contributed by atoms with Crippen LogP contribution in [0.4, 0.5) is 11.4 Å². The monoisotopic (exact) mass is 369 g/mol. The van der Waals surface area contributed by atoms with E-state index in [1.807, 2.05) is 18.2 Å². The molecule has 0 bridgehead atoms. The van der Waals surface area contributed by atoms with Crippen LogP contribution in [0.15, 0.2) is 59.6 Å². The third-order valence-corrected chi connectivity index (χ3v) is 4.63. The summed E-state index contributed by atoms with van der Waals surface area (Å²) in [7, 11) is 0. The lowest BCUT2D eigenvalue weighted by atomic mass is 10.2. The molecule has 0 saturated carbocycles. The van der Waals surface area contributed by atoms with E-state index in [9.17, 15) is 14.4 Å². The van der Waals surface area contributed by atoms with E-state index in [4.69, 9.17) is 5.11 Å². The number of rotatable bonds is 5. The number of hydrogen-bond acceptors (Lipinski definition) is 5. The number of hydrogen-bond donors (Lipinski definition) is 3. The highest BCUT2D eigenvalue weighted by Crippen LogP contribution is 2.25. The Morgan fingerprint density at radius 3 is 2.46 bits per heavy atom. The summed E-state index contributed by atoms with van der Waals surface area (Å²) in [6.45, 7) is 0. The first-order valence-corrected chi connectivity index (χ1v) is 8.64. The van der Waals surface area contributed by atoms with Crippen molar-refractivity contribution in [3.8, 4) is 0 Å². The van der Waals surface area contributed by atoms with E-state index < -0.39 is 11.2 Å². The van der Waals surface area contributed by atoms with Crippen molar-refractivity contribution in [2.45, 2.75) is 11.7 Å². The first kappa shape index (κ1) is 17.7. The second-order valence-electron chi connectivity index (χ2n) is 5.48. The minimum atomic E-state index is -1.02. The van der Waals surface area contributed by atoms with E-state index in [0.717, 1.165) is 0 Å². The first-order valence-electron chi connectivity index (χ1n) is 7.76. The lowest BCUT2D eigenvalue weighted by molar-refractivity contribution is -0.122. The van der Waals surface area contributed by atoms with Crippen LogP contribution in [-0.4, -0.2) is 33.3 Å². The van der Waals surface area contributed by atoms with Crippen molar-refractivity contribution < 1.29 is 19.5 Å². The van der Waals surface area contributed by atoms with Gasteiger partial charge in [-0.25, -0.2) is 9.79 Å². The molecule has 132 valence electrons. The molecule has 0 spiro atoms. The van der Waals surface area contributed by atoms with Gasteiger partial charge < -0.3 is 15.7 Å². The number of aromatic carboxylic acids is 1. The topological polar surface area (TPSA) is 108 Å². The van der Waals surface area contributed by atoms with Crippen molar-refractivity contribution >= 4 is 46.1 Å². The van der Waals surface area contributed by atoms with E-state index >= 15 is 0 Å². The number of nitrogens with one attached hydrogen (secondary N) is 2. The minimum absolute atomic E-state index is 0.0301. The van der Waals surface area contributed by atoms with Crippen molar-refractivity contribution in [3.63, 3.8) is 0 Å². The van der Waals surface area contributed by atoms with Gasteiger partial charge in [0.25, 0.3) is 0 Å². The standard InChI is InChI=1S/C18H15N3O4S/c22-15(19-12-4-2-1-3-5-12)10-14-16(23)21-18(26-14)20-13-8-6-11(7-9-13)17(24)25/h1-9,14H,10H2,(H,19,22)(H,24,25)(H,20,21,23)/t14-/m1/s1. The third-order valence-electron chi connectivity index (χ3n) is 3.55. The second-order valence-corrected chi connectivity index (χ2v) is 6.67. The maximum atomic E-state index is 12.1. The average molecular weight is 369 g/mol. The average Bonchev–Trinajstić information content (AvgIpc) is 2.95. The number of nitrogens with zero attached hydrogens (tertiary/aromatic N) is 1. The predicted molar refractivity (Wildman–Crippen MR) is 99.7 cm³/mol. The molecular formula is C18H15N3O4S. The summed E-state index contributed by atoms with van der Waals surface area (Å²) in [6.07, 6.45) is 0.0301. The minimum Gasteiger partial charge on any atom is -0.478 e. The van der Waals surface area contributed by atoms with Crippen molar-refractivity contribution in [3.05, 3.63) is 60.2 Å². The van der Waals surface area contributed by atoms with Crippen molar-refractivity contribution in [1.82, 2.24) is 5.32 Å². The Balaban J connectivity index is 1.61. The number of para-hydroxylation sites is 1. The van der Waals surface area contributed by atoms with Gasteiger partial charge in [-0.1, -0.05) is 30.0 Å². The maximum absolute atomic E-state index is 12.1. The number of carbonyl (C=O) groups excluding carboxylic acids is 2. The van der Waals surface area contributed by atoms with E-state index in [2.05, 4.69) is 15.6 Å². The van der Waals surface area contributed by atoms with Gasteiger partial charge in [0.15, 0.2) is 5.17 Å². The molecule has 0 aromatic heterocycles. The highest BCUT2D eigenvalue weighted by atomic mass is 32.2. The van der Waals surface area contributed by atoms with Crippen molar-refractivity contribution in [2.75, 3.05) is 5.32 Å². The lowest BCUT2D eigenvalue weighted by Crippen LogP contribution is -2.28. The van der Waals surface area contributed by atoms with Crippen LogP contribution >= 0.6 is 11.8 Å². The van der Waals surface area contributed by atoms with Gasteiger partial charge in [-0.3, -0.25) is 9.59 Å². The third kappa shape index (κ3) is 4.48. The van der Waals surface area contributed by atoms with Crippen LogP contribution in [0.25, 0.3) is 0 Å². The molecule has 0 unspecified atom stereocenters. The Kier molecular flexibility index (Phi) is 5.33. The van der Waals surface area contributed by atoms with Crippen LogP contribution in [0.1, 0.15) is 16.8 Å². The maximum Gasteiger partial charge on any atom is 0.335 e. The fourth-order valence-electron chi connectivity index (χ4n) is 2.29. The zero-order valence-corrected chi connectivity index (χ0v) is 14.3. The second kappa shape index (κ2) is 7.83. The molecule has 1 heterocycles. The summed E-state index contributed by atoms with van der Waals surface area (Å²) in [5.74, 6) is -1.55. The molecule has 0 aliphatic carbocycles. The summed E-state index contributed by atoms with van der Waals surface area (Å²) in [5, 5.41) is 14.1. The SMILES string of the molecule is O=C(C[C@H]1SC(=Nc2ccc(C(=O)O)cc2)NC1=O)Nc1ccccc1. The van der Waals surface area contributed by atoms with Gasteiger partial charge in [0.1, 0.15) is 5.25 Å². The smallest absolute Gasteiger partial charge is 0.335 e. The fourth-order valence-corrected chi connectivity index (χ4v) is 3.28. The molecule has 1 aliphatic rings. The molecule has 2 aromatic rings. The van der Waals surface area contributed by atoms with Crippen LogP contribution in [0.5, 0.6) is 0 Å². The van der Waals surface area contributed by atoms with Crippen molar-refractivity contribution in [2.24, 2.45) is 4.99 Å². The molecule has 1 aliphatic heterocycles. The molecule has 0 radical (unpaired) electrons. The Hall–Kier alpha value is -3.13. The molecule has 3 rings (SSSR count). The zero-order chi connectivity index (χ0) is 18.5. The van der Waals surface area contributed by atoms with Crippen LogP contribution in [-0.2, 0) is 9.59 Å². The quantitative estimate of drug-likeness (QED) is 0.751. The molecule has 26 heavy (non-hydrogen) atoms. The highest BCUT2D eigenvalue weighted by Gasteiger charge is 2.32. The lowest BCUT2D eigenvalue weighted by Gasteiger charge is -2.07. The number of carboxylic acid groups (broad SMARTS) is 1. The van der Waals surface area contributed by atoms with Crippen LogP contribution in [0, 0.1) is 0 Å². The van der Waals surface area contributed by atoms with Crippen LogP contribution in [0.2, 0.25) is 0 Å². The van der Waals surface area contributed by atoms with Gasteiger partial charge in [0.2, 0.25) is 11.8 Å². The number of aliphatic imine (C=N–C) groups is 1. The van der Waals surface area contributed by atoms with Gasteiger partial charge >= 0.3 is 5.97 Å². The van der Waals surface area contributed by atoms with Gasteiger partial charge in [0, 0.05) is 12.1 Å². The number of carboxylic acids is 1. The largest absolute Gasteiger partial charge is 0.478 e. The summed E-state index contributed by atoms with van der Waals surface area (Å²) in [4.78, 5) is 39.2. The fraction of sp³-hybridized carbons (Fsp3) is 0.111. The highest BCUT2D eigenvalue weighted by molar-refractivity contribution is 8.15. The summed E-state index contributed by atoms with van der Waals surface area (Å²) < 4.78 is 0. The van der Waals surface area contributed by atoms with Crippen LogP contribution in [0.3, 0.4) is 0 Å². The molecule has 8 heteroatoms. The molecule has 3 N–H and O–H groups in total. The summed E-state index contributed by atoms with van der Waals surface area (Å²) >= 11 is 1.18. The van der Waals surface area contributed by atoms with Crippen molar-refractivity contribution in [1.29, 1.82) is 0 Å². The molecule has 1 saturated heterocycles. The van der Waals surface area contributed by atoms with E-state index in [1.54, 1.807) is 24.3 Å².